The molecule has 92 valence electrons. The molecule has 0 N–H and O–H groups in total. The molecule has 3 heteroatoms. The minimum Gasteiger partial charge on any atom is -0.244 e. The maximum Gasteiger partial charge on any atom is 0.140 e. The lowest BCUT2D eigenvalue weighted by Gasteiger charge is -1.96. The molecule has 1 aromatic carbocycles. The lowest BCUT2D eigenvalue weighted by atomic mass is 10.2. The van der Waals surface area contributed by atoms with E-state index in [2.05, 4.69) is 21.8 Å². The van der Waals surface area contributed by atoms with E-state index < -0.39 is 0 Å². The number of hydrogen-bond donors (Lipinski definition) is 0. The Hall–Kier alpha value is -3.17. The number of fused-ring (bicyclic) bond motifs is 1. The first-order chi connectivity index (χ1) is 9.85. The number of hydrogen-bond acceptors (Lipinski definition) is 3. The van der Waals surface area contributed by atoms with E-state index >= 15 is 0 Å². The van der Waals surface area contributed by atoms with Gasteiger partial charge in [0.15, 0.2) is 0 Å². The Morgan fingerprint density at radius 3 is 2.50 bits per heavy atom. The van der Waals surface area contributed by atoms with E-state index in [9.17, 15) is 0 Å². The van der Waals surface area contributed by atoms with E-state index in [1.54, 1.807) is 18.3 Å². The zero-order valence-corrected chi connectivity index (χ0v) is 10.5. The molecular formula is C17H9N3. The molecule has 3 nitrogen and oxygen atoms in total. The molecule has 3 rings (SSSR count). The first-order valence-corrected chi connectivity index (χ1v) is 6.09. The van der Waals surface area contributed by atoms with Gasteiger partial charge in [-0.05, 0) is 30.2 Å². The minimum atomic E-state index is 0.388. The molecule has 3 aromatic rings. The number of pyridine rings is 2. The van der Waals surface area contributed by atoms with Gasteiger partial charge in [-0.3, -0.25) is 0 Å². The van der Waals surface area contributed by atoms with Crippen molar-refractivity contribution in [2.24, 2.45) is 0 Å². The maximum atomic E-state index is 8.68. The molecule has 0 bridgehead atoms. The van der Waals surface area contributed by atoms with Crippen LogP contribution in [0.25, 0.3) is 10.9 Å². The molecule has 0 spiro atoms. The molecule has 0 aliphatic rings. The van der Waals surface area contributed by atoms with Gasteiger partial charge in [0.05, 0.1) is 5.52 Å². The van der Waals surface area contributed by atoms with Gasteiger partial charge in [-0.2, -0.15) is 5.26 Å². The van der Waals surface area contributed by atoms with Crippen LogP contribution in [0.3, 0.4) is 0 Å². The second kappa shape index (κ2) is 5.22. The normalized spacial score (nSPS) is 9.55. The summed E-state index contributed by atoms with van der Waals surface area (Å²) in [4.78, 5) is 8.45. The summed E-state index contributed by atoms with van der Waals surface area (Å²) < 4.78 is 0. The van der Waals surface area contributed by atoms with E-state index in [0.29, 0.717) is 11.4 Å². The van der Waals surface area contributed by atoms with Crippen LogP contribution in [-0.4, -0.2) is 9.97 Å². The van der Waals surface area contributed by atoms with Gasteiger partial charge in [-0.1, -0.05) is 30.2 Å². The molecule has 0 aliphatic carbocycles. The largest absolute Gasteiger partial charge is 0.244 e. The van der Waals surface area contributed by atoms with Gasteiger partial charge in [0.2, 0.25) is 0 Å². The van der Waals surface area contributed by atoms with Crippen LogP contribution in [0.15, 0.2) is 54.7 Å². The van der Waals surface area contributed by atoms with Crippen LogP contribution < -0.4 is 0 Å². The van der Waals surface area contributed by atoms with E-state index in [1.165, 1.54) is 0 Å². The van der Waals surface area contributed by atoms with Crippen LogP contribution in [0.1, 0.15) is 17.0 Å². The Bertz CT molecular complexity index is 862. The molecule has 2 aromatic heterocycles. The van der Waals surface area contributed by atoms with Gasteiger partial charge in [-0.25, -0.2) is 9.97 Å². The zero-order chi connectivity index (χ0) is 13.8. The van der Waals surface area contributed by atoms with Gasteiger partial charge in [0.25, 0.3) is 0 Å². The molecule has 0 fully saturated rings. The molecule has 0 aliphatic heterocycles. The average Bonchev–Trinajstić information content (AvgIpc) is 2.53. The third-order valence-electron chi connectivity index (χ3n) is 2.81. The summed E-state index contributed by atoms with van der Waals surface area (Å²) in [7, 11) is 0. The van der Waals surface area contributed by atoms with Crippen molar-refractivity contribution in [1.82, 2.24) is 9.97 Å². The summed E-state index contributed by atoms with van der Waals surface area (Å²) in [6, 6.07) is 17.2. The Morgan fingerprint density at radius 2 is 1.70 bits per heavy atom. The van der Waals surface area contributed by atoms with Gasteiger partial charge in [0.1, 0.15) is 17.5 Å². The van der Waals surface area contributed by atoms with Crippen molar-refractivity contribution in [3.8, 4) is 17.9 Å². The molecule has 0 saturated heterocycles. The van der Waals surface area contributed by atoms with Crippen molar-refractivity contribution in [2.75, 3.05) is 0 Å². The highest BCUT2D eigenvalue weighted by atomic mass is 14.7. The van der Waals surface area contributed by atoms with Crippen molar-refractivity contribution in [1.29, 1.82) is 5.26 Å². The van der Waals surface area contributed by atoms with Crippen LogP contribution in [0, 0.1) is 23.2 Å². The number of nitriles is 1. The number of nitrogens with zero attached hydrogens (tertiary/aromatic N) is 3. The highest BCUT2D eigenvalue weighted by molar-refractivity contribution is 5.78. The fraction of sp³-hybridized carbons (Fsp3) is 0. The standard InChI is InChI=1S/C17H9N3/c18-11-16-9-6-13(12-19-16)5-8-15-10-7-14-3-1-2-4-17(14)20-15/h1-4,6-7,9-10,12H. The Balaban J connectivity index is 1.93. The lowest BCUT2D eigenvalue weighted by molar-refractivity contribution is 1.25. The number of benzene rings is 1. The first-order valence-electron chi connectivity index (χ1n) is 6.09. The van der Waals surface area contributed by atoms with Crippen molar-refractivity contribution in [3.63, 3.8) is 0 Å². The summed E-state index contributed by atoms with van der Waals surface area (Å²) in [6.45, 7) is 0. The van der Waals surface area contributed by atoms with E-state index in [-0.39, 0.29) is 0 Å². The van der Waals surface area contributed by atoms with Crippen LogP contribution in [0.5, 0.6) is 0 Å². The predicted molar refractivity (Wildman–Crippen MR) is 76.7 cm³/mol. The van der Waals surface area contributed by atoms with Crippen LogP contribution in [0.4, 0.5) is 0 Å². The van der Waals surface area contributed by atoms with Crippen molar-refractivity contribution < 1.29 is 0 Å². The fourth-order valence-electron chi connectivity index (χ4n) is 1.81. The van der Waals surface area contributed by atoms with Crippen molar-refractivity contribution >= 4 is 10.9 Å². The molecular weight excluding hydrogens is 246 g/mol. The number of para-hydroxylation sites is 1. The quantitative estimate of drug-likeness (QED) is 0.580. The summed E-state index contributed by atoms with van der Waals surface area (Å²) in [5.41, 5.74) is 2.80. The molecule has 0 radical (unpaired) electrons. The summed E-state index contributed by atoms with van der Waals surface area (Å²) in [6.07, 6.45) is 1.59. The van der Waals surface area contributed by atoms with Crippen molar-refractivity contribution in [3.05, 3.63) is 71.7 Å². The molecule has 20 heavy (non-hydrogen) atoms. The third kappa shape index (κ3) is 2.48. The summed E-state index contributed by atoms with van der Waals surface area (Å²) >= 11 is 0. The summed E-state index contributed by atoms with van der Waals surface area (Å²) in [5.74, 6) is 6.00. The molecule has 2 heterocycles. The van der Waals surface area contributed by atoms with Gasteiger partial charge in [0, 0.05) is 17.1 Å². The predicted octanol–water partition coefficient (Wildman–Crippen LogP) is 2.90. The van der Waals surface area contributed by atoms with Crippen LogP contribution in [-0.2, 0) is 0 Å². The van der Waals surface area contributed by atoms with E-state index in [1.807, 2.05) is 42.5 Å². The van der Waals surface area contributed by atoms with Crippen LogP contribution in [0.2, 0.25) is 0 Å². The Morgan fingerprint density at radius 1 is 0.850 bits per heavy atom. The van der Waals surface area contributed by atoms with Gasteiger partial charge in [-0.15, -0.1) is 0 Å². The first kappa shape index (κ1) is 11.9. The second-order valence-corrected chi connectivity index (χ2v) is 4.18. The van der Waals surface area contributed by atoms with Crippen molar-refractivity contribution in [2.45, 2.75) is 0 Å². The average molecular weight is 255 g/mol. The zero-order valence-electron chi connectivity index (χ0n) is 10.5. The Labute approximate surface area is 116 Å². The highest BCUT2D eigenvalue weighted by Crippen LogP contribution is 2.11. The monoisotopic (exact) mass is 255 g/mol. The van der Waals surface area contributed by atoms with Gasteiger partial charge >= 0.3 is 0 Å². The lowest BCUT2D eigenvalue weighted by Crippen LogP contribution is -1.85. The smallest absolute Gasteiger partial charge is 0.140 e. The molecule has 0 unspecified atom stereocenters. The number of rotatable bonds is 0. The van der Waals surface area contributed by atoms with Gasteiger partial charge < -0.3 is 0 Å². The third-order valence-corrected chi connectivity index (χ3v) is 2.81. The van der Waals surface area contributed by atoms with E-state index in [0.717, 1.165) is 16.5 Å². The molecule has 0 amide bonds. The number of aromatic nitrogens is 2. The summed E-state index contributed by atoms with van der Waals surface area (Å²) in [5, 5.41) is 9.77. The van der Waals surface area contributed by atoms with Crippen LogP contribution >= 0.6 is 0 Å². The second-order valence-electron chi connectivity index (χ2n) is 4.18. The fourth-order valence-corrected chi connectivity index (χ4v) is 1.81. The minimum absolute atomic E-state index is 0.388. The Kier molecular flexibility index (Phi) is 3.10. The molecule has 0 atom stereocenters. The highest BCUT2D eigenvalue weighted by Gasteiger charge is 1.95. The molecule has 0 saturated carbocycles. The maximum absolute atomic E-state index is 8.68. The van der Waals surface area contributed by atoms with E-state index in [4.69, 9.17) is 5.26 Å². The topological polar surface area (TPSA) is 49.6 Å². The SMILES string of the molecule is N#Cc1ccc(C#Cc2ccc3ccccc3n2)cn1.